The number of hydrogen-bond donors (Lipinski definition) is 2. The standard InChI is InChI=1S/C15H15N5O/c16-17-15(21)9-11-5-7-12(8-6-11)10-20-14-4-2-1-3-13(14)18-19-20/h1-8H,9-10,16H2,(H,17,21). The molecule has 6 heteroatoms. The number of para-hydroxylation sites is 1. The number of hydrogen-bond acceptors (Lipinski definition) is 4. The van der Waals surface area contributed by atoms with E-state index in [2.05, 4.69) is 15.7 Å². The lowest BCUT2D eigenvalue weighted by molar-refractivity contribution is -0.120. The number of nitrogens with two attached hydrogens (primary N) is 1. The van der Waals surface area contributed by atoms with Crippen LogP contribution < -0.4 is 11.3 Å². The summed E-state index contributed by atoms with van der Waals surface area (Å²) in [5.41, 5.74) is 6.03. The minimum absolute atomic E-state index is 0.204. The number of nitrogens with one attached hydrogen (secondary N) is 1. The van der Waals surface area contributed by atoms with Gasteiger partial charge in [0.2, 0.25) is 5.91 Å². The molecule has 2 aromatic carbocycles. The van der Waals surface area contributed by atoms with E-state index >= 15 is 0 Å². The molecule has 1 heterocycles. The summed E-state index contributed by atoms with van der Waals surface area (Å²) in [5.74, 6) is 4.87. The molecule has 0 bridgehead atoms. The molecule has 3 aromatic rings. The van der Waals surface area contributed by atoms with E-state index in [1.165, 1.54) is 0 Å². The summed E-state index contributed by atoms with van der Waals surface area (Å²) in [5, 5.41) is 8.29. The quantitative estimate of drug-likeness (QED) is 0.424. The molecule has 0 atom stereocenters. The largest absolute Gasteiger partial charge is 0.294 e. The summed E-state index contributed by atoms with van der Waals surface area (Å²) in [7, 11) is 0. The van der Waals surface area contributed by atoms with E-state index in [-0.39, 0.29) is 12.3 Å². The Morgan fingerprint density at radius 2 is 1.81 bits per heavy atom. The van der Waals surface area contributed by atoms with Crippen molar-refractivity contribution in [3.05, 3.63) is 59.7 Å². The van der Waals surface area contributed by atoms with Crippen molar-refractivity contribution in [3.63, 3.8) is 0 Å². The Morgan fingerprint density at radius 3 is 2.57 bits per heavy atom. The molecule has 106 valence electrons. The Morgan fingerprint density at radius 1 is 1.10 bits per heavy atom. The van der Waals surface area contributed by atoms with E-state index in [1.54, 1.807) is 0 Å². The van der Waals surface area contributed by atoms with Crippen molar-refractivity contribution in [1.29, 1.82) is 0 Å². The van der Waals surface area contributed by atoms with Crippen molar-refractivity contribution >= 4 is 16.9 Å². The zero-order valence-electron chi connectivity index (χ0n) is 11.4. The predicted octanol–water partition coefficient (Wildman–Crippen LogP) is 1.01. The molecule has 0 unspecified atom stereocenters. The number of amides is 1. The number of rotatable bonds is 4. The van der Waals surface area contributed by atoms with Crippen LogP contribution in [0.15, 0.2) is 48.5 Å². The van der Waals surface area contributed by atoms with Gasteiger partial charge < -0.3 is 0 Å². The molecular formula is C15H15N5O. The number of benzene rings is 2. The van der Waals surface area contributed by atoms with Gasteiger partial charge in [0.1, 0.15) is 5.52 Å². The van der Waals surface area contributed by atoms with Gasteiger partial charge in [0.25, 0.3) is 0 Å². The second kappa shape index (κ2) is 5.72. The van der Waals surface area contributed by atoms with E-state index < -0.39 is 0 Å². The maximum absolute atomic E-state index is 11.2. The van der Waals surface area contributed by atoms with Crippen molar-refractivity contribution in [2.45, 2.75) is 13.0 Å². The van der Waals surface area contributed by atoms with Crippen LogP contribution in [0.25, 0.3) is 11.0 Å². The first kappa shape index (κ1) is 13.3. The van der Waals surface area contributed by atoms with Crippen LogP contribution in [0, 0.1) is 0 Å². The van der Waals surface area contributed by atoms with Gasteiger partial charge in [-0.25, -0.2) is 10.5 Å². The Hall–Kier alpha value is -2.73. The molecule has 3 rings (SSSR count). The number of nitrogens with zero attached hydrogens (tertiary/aromatic N) is 3. The summed E-state index contributed by atoms with van der Waals surface area (Å²) < 4.78 is 1.86. The van der Waals surface area contributed by atoms with Crippen molar-refractivity contribution < 1.29 is 4.79 Å². The third kappa shape index (κ3) is 2.90. The lowest BCUT2D eigenvalue weighted by atomic mass is 10.1. The molecule has 0 aliphatic heterocycles. The third-order valence-electron chi connectivity index (χ3n) is 3.30. The molecule has 0 saturated carbocycles. The average molecular weight is 281 g/mol. The summed E-state index contributed by atoms with van der Waals surface area (Å²) in [6, 6.07) is 15.6. The number of fused-ring (bicyclic) bond motifs is 1. The Kier molecular flexibility index (Phi) is 3.61. The minimum atomic E-state index is -0.204. The van der Waals surface area contributed by atoms with Gasteiger partial charge in [-0.1, -0.05) is 41.6 Å². The Labute approximate surface area is 121 Å². The van der Waals surface area contributed by atoms with Gasteiger partial charge in [-0.05, 0) is 23.3 Å². The highest BCUT2D eigenvalue weighted by Crippen LogP contribution is 2.13. The molecule has 0 fully saturated rings. The highest BCUT2D eigenvalue weighted by Gasteiger charge is 2.05. The normalized spacial score (nSPS) is 10.7. The lowest BCUT2D eigenvalue weighted by Crippen LogP contribution is -2.31. The fraction of sp³-hybridized carbons (Fsp3) is 0.133. The molecule has 1 aromatic heterocycles. The molecular weight excluding hydrogens is 266 g/mol. The van der Waals surface area contributed by atoms with Crippen LogP contribution in [0.4, 0.5) is 0 Å². The third-order valence-corrected chi connectivity index (χ3v) is 3.30. The fourth-order valence-corrected chi connectivity index (χ4v) is 2.21. The highest BCUT2D eigenvalue weighted by molar-refractivity contribution is 5.77. The summed E-state index contributed by atoms with van der Waals surface area (Å²) in [4.78, 5) is 11.2. The van der Waals surface area contributed by atoms with Crippen LogP contribution in [-0.4, -0.2) is 20.9 Å². The molecule has 1 amide bonds. The SMILES string of the molecule is NNC(=O)Cc1ccc(Cn2nnc3ccccc32)cc1. The maximum atomic E-state index is 11.2. The number of hydrazine groups is 1. The number of carbonyl (C=O) groups excluding carboxylic acids is 1. The Bertz CT molecular complexity index is 763. The van der Waals surface area contributed by atoms with E-state index in [1.807, 2.05) is 53.2 Å². The molecule has 0 aliphatic rings. The summed E-state index contributed by atoms with van der Waals surface area (Å²) in [6.45, 7) is 0.643. The van der Waals surface area contributed by atoms with Crippen molar-refractivity contribution in [2.24, 2.45) is 5.84 Å². The van der Waals surface area contributed by atoms with Gasteiger partial charge in [0.15, 0.2) is 0 Å². The second-order valence-corrected chi connectivity index (χ2v) is 4.80. The van der Waals surface area contributed by atoms with E-state index in [4.69, 9.17) is 5.84 Å². The maximum Gasteiger partial charge on any atom is 0.238 e. The fourth-order valence-electron chi connectivity index (χ4n) is 2.21. The average Bonchev–Trinajstić information content (AvgIpc) is 2.92. The molecule has 0 aliphatic carbocycles. The molecule has 0 saturated heterocycles. The van der Waals surface area contributed by atoms with Crippen molar-refractivity contribution in [1.82, 2.24) is 20.4 Å². The topological polar surface area (TPSA) is 85.8 Å². The first-order valence-electron chi connectivity index (χ1n) is 6.62. The van der Waals surface area contributed by atoms with Gasteiger partial charge in [-0.2, -0.15) is 0 Å². The van der Waals surface area contributed by atoms with Crippen LogP contribution in [0.5, 0.6) is 0 Å². The van der Waals surface area contributed by atoms with Gasteiger partial charge in [0.05, 0.1) is 18.5 Å². The van der Waals surface area contributed by atoms with Gasteiger partial charge in [0, 0.05) is 0 Å². The van der Waals surface area contributed by atoms with Crippen LogP contribution in [0.2, 0.25) is 0 Å². The van der Waals surface area contributed by atoms with Gasteiger partial charge in [-0.3, -0.25) is 10.2 Å². The van der Waals surface area contributed by atoms with E-state index in [0.29, 0.717) is 6.54 Å². The van der Waals surface area contributed by atoms with Crippen LogP contribution in [-0.2, 0) is 17.8 Å². The smallest absolute Gasteiger partial charge is 0.238 e. The highest BCUT2D eigenvalue weighted by atomic mass is 16.2. The lowest BCUT2D eigenvalue weighted by Gasteiger charge is -2.05. The van der Waals surface area contributed by atoms with E-state index in [9.17, 15) is 4.79 Å². The summed E-state index contributed by atoms with van der Waals surface area (Å²) >= 11 is 0. The van der Waals surface area contributed by atoms with E-state index in [0.717, 1.165) is 22.2 Å². The van der Waals surface area contributed by atoms with Gasteiger partial charge >= 0.3 is 0 Å². The van der Waals surface area contributed by atoms with Crippen LogP contribution >= 0.6 is 0 Å². The molecule has 3 N–H and O–H groups in total. The minimum Gasteiger partial charge on any atom is -0.294 e. The molecule has 6 nitrogen and oxygen atoms in total. The second-order valence-electron chi connectivity index (χ2n) is 4.80. The number of carbonyl (C=O) groups is 1. The van der Waals surface area contributed by atoms with Crippen molar-refractivity contribution in [3.8, 4) is 0 Å². The number of aromatic nitrogens is 3. The Balaban J connectivity index is 1.77. The molecule has 0 spiro atoms. The molecule has 0 radical (unpaired) electrons. The molecule has 21 heavy (non-hydrogen) atoms. The zero-order valence-corrected chi connectivity index (χ0v) is 11.4. The summed E-state index contributed by atoms with van der Waals surface area (Å²) in [6.07, 6.45) is 0.281. The first-order valence-corrected chi connectivity index (χ1v) is 6.62. The van der Waals surface area contributed by atoms with Crippen molar-refractivity contribution in [2.75, 3.05) is 0 Å². The van der Waals surface area contributed by atoms with Crippen LogP contribution in [0.1, 0.15) is 11.1 Å². The van der Waals surface area contributed by atoms with Crippen LogP contribution in [0.3, 0.4) is 0 Å². The first-order chi connectivity index (χ1) is 10.3. The van der Waals surface area contributed by atoms with Gasteiger partial charge in [-0.15, -0.1) is 5.10 Å². The zero-order chi connectivity index (χ0) is 14.7. The monoisotopic (exact) mass is 281 g/mol. The predicted molar refractivity (Wildman–Crippen MR) is 79.1 cm³/mol.